The van der Waals surface area contributed by atoms with E-state index in [0.717, 1.165) is 53.5 Å². The van der Waals surface area contributed by atoms with Gasteiger partial charge in [0.15, 0.2) is 11.5 Å². The van der Waals surface area contributed by atoms with Crippen LogP contribution in [-0.4, -0.2) is 24.7 Å². The van der Waals surface area contributed by atoms with Gasteiger partial charge in [-0.15, -0.1) is 5.10 Å². The fourth-order valence-corrected chi connectivity index (χ4v) is 3.87. The molecule has 0 saturated carbocycles. The Morgan fingerprint density at radius 3 is 2.85 bits per heavy atom. The average molecular weight is 360 g/mol. The number of non-ortho nitro benzene ring substituents is 1. The molecule has 8 nitrogen and oxygen atoms in total. The number of nitro benzene ring substituents is 1. The number of nitrogens with zero attached hydrogens (tertiary/aromatic N) is 5. The first-order chi connectivity index (χ1) is 13.1. The molecule has 1 aromatic carbocycles. The largest absolute Gasteiger partial charge is 0.382 e. The molecule has 0 saturated heterocycles. The molecule has 27 heavy (non-hydrogen) atoms. The number of pyridine rings is 2. The molecule has 0 atom stereocenters. The third kappa shape index (κ3) is 2.33. The number of hydrogen-bond acceptors (Lipinski definition) is 6. The quantitative estimate of drug-likeness (QED) is 0.433. The maximum Gasteiger partial charge on any atom is 0.270 e. The van der Waals surface area contributed by atoms with Crippen LogP contribution in [0.5, 0.6) is 0 Å². The fourth-order valence-electron chi connectivity index (χ4n) is 3.87. The van der Waals surface area contributed by atoms with E-state index in [4.69, 9.17) is 10.7 Å². The molecule has 0 amide bonds. The third-order valence-electron chi connectivity index (χ3n) is 5.11. The summed E-state index contributed by atoms with van der Waals surface area (Å²) in [7, 11) is 0. The van der Waals surface area contributed by atoms with Crippen molar-refractivity contribution in [2.75, 3.05) is 5.73 Å². The van der Waals surface area contributed by atoms with Gasteiger partial charge in [0.05, 0.1) is 21.5 Å². The van der Waals surface area contributed by atoms with Crippen molar-refractivity contribution in [1.29, 1.82) is 0 Å². The van der Waals surface area contributed by atoms with E-state index in [0.29, 0.717) is 16.9 Å². The molecule has 0 radical (unpaired) electrons. The van der Waals surface area contributed by atoms with Crippen LogP contribution in [0.4, 0.5) is 11.5 Å². The Balaban J connectivity index is 1.93. The number of aromatic nitrogens is 4. The van der Waals surface area contributed by atoms with E-state index in [2.05, 4.69) is 10.1 Å². The van der Waals surface area contributed by atoms with E-state index in [1.165, 1.54) is 6.07 Å². The van der Waals surface area contributed by atoms with E-state index in [1.807, 2.05) is 12.1 Å². The minimum absolute atomic E-state index is 0.0266. The van der Waals surface area contributed by atoms with Gasteiger partial charge in [0.25, 0.3) is 5.69 Å². The lowest BCUT2D eigenvalue weighted by Crippen LogP contribution is -2.13. The van der Waals surface area contributed by atoms with Crippen molar-refractivity contribution in [2.24, 2.45) is 0 Å². The molecule has 4 aromatic rings. The summed E-state index contributed by atoms with van der Waals surface area (Å²) in [5.74, 6) is 0.387. The SMILES string of the molecule is Nc1nn(-c2c3c(nc4ccc([N+](=O)[O-])cc24)CCCC3)c2ncccc12. The maximum atomic E-state index is 11.3. The molecule has 2 N–H and O–H groups in total. The molecule has 3 aromatic heterocycles. The molecule has 0 fully saturated rings. The zero-order valence-electron chi connectivity index (χ0n) is 14.4. The molecule has 3 heterocycles. The molecular formula is C19H16N6O2. The van der Waals surface area contributed by atoms with E-state index in [-0.39, 0.29) is 5.69 Å². The number of rotatable bonds is 2. The maximum absolute atomic E-state index is 11.3. The lowest BCUT2D eigenvalue weighted by atomic mass is 9.92. The first-order valence-corrected chi connectivity index (χ1v) is 8.83. The van der Waals surface area contributed by atoms with E-state index >= 15 is 0 Å². The van der Waals surface area contributed by atoms with Gasteiger partial charge in [0.2, 0.25) is 0 Å². The fraction of sp³-hybridized carbons (Fsp3) is 0.211. The van der Waals surface area contributed by atoms with Gasteiger partial charge in [-0.25, -0.2) is 9.67 Å². The topological polar surface area (TPSA) is 113 Å². The molecule has 0 aliphatic heterocycles. The summed E-state index contributed by atoms with van der Waals surface area (Å²) in [6.45, 7) is 0. The van der Waals surface area contributed by atoms with Gasteiger partial charge in [-0.05, 0) is 43.9 Å². The first kappa shape index (κ1) is 15.7. The van der Waals surface area contributed by atoms with Crippen LogP contribution in [0.2, 0.25) is 0 Å². The highest BCUT2D eigenvalue weighted by Crippen LogP contribution is 2.35. The number of nitrogens with two attached hydrogens (primary N) is 1. The van der Waals surface area contributed by atoms with E-state index < -0.39 is 4.92 Å². The number of hydrogen-bond donors (Lipinski definition) is 1. The van der Waals surface area contributed by atoms with Crippen molar-refractivity contribution in [3.05, 3.63) is 57.9 Å². The average Bonchev–Trinajstić information content (AvgIpc) is 3.02. The number of nitrogen functional groups attached to an aromatic ring is 1. The van der Waals surface area contributed by atoms with Crippen molar-refractivity contribution in [3.8, 4) is 5.69 Å². The van der Waals surface area contributed by atoms with Crippen LogP contribution in [-0.2, 0) is 12.8 Å². The zero-order chi connectivity index (χ0) is 18.5. The molecule has 1 aliphatic carbocycles. The Hall–Kier alpha value is -3.55. The van der Waals surface area contributed by atoms with Crippen LogP contribution in [0.25, 0.3) is 27.6 Å². The highest BCUT2D eigenvalue weighted by molar-refractivity contribution is 5.94. The number of anilines is 1. The number of aryl methyl sites for hydroxylation is 1. The van der Waals surface area contributed by atoms with Crippen molar-refractivity contribution in [1.82, 2.24) is 19.7 Å². The van der Waals surface area contributed by atoms with Crippen molar-refractivity contribution in [3.63, 3.8) is 0 Å². The van der Waals surface area contributed by atoms with Crippen molar-refractivity contribution in [2.45, 2.75) is 25.7 Å². The van der Waals surface area contributed by atoms with Crippen LogP contribution in [0.1, 0.15) is 24.1 Å². The predicted molar refractivity (Wildman–Crippen MR) is 102 cm³/mol. The number of benzene rings is 1. The Labute approximate surface area is 153 Å². The summed E-state index contributed by atoms with van der Waals surface area (Å²) in [6, 6.07) is 8.45. The summed E-state index contributed by atoms with van der Waals surface area (Å²) in [4.78, 5) is 20.2. The number of fused-ring (bicyclic) bond motifs is 3. The first-order valence-electron chi connectivity index (χ1n) is 8.83. The lowest BCUT2D eigenvalue weighted by molar-refractivity contribution is -0.384. The molecule has 0 bridgehead atoms. The van der Waals surface area contributed by atoms with Crippen molar-refractivity contribution < 1.29 is 4.92 Å². The second-order valence-electron chi connectivity index (χ2n) is 6.72. The number of nitro groups is 1. The molecule has 8 heteroatoms. The van der Waals surface area contributed by atoms with Crippen LogP contribution < -0.4 is 5.73 Å². The predicted octanol–water partition coefficient (Wildman–Crippen LogP) is 3.34. The van der Waals surface area contributed by atoms with E-state index in [1.54, 1.807) is 23.0 Å². The molecule has 0 unspecified atom stereocenters. The van der Waals surface area contributed by atoms with Crippen molar-refractivity contribution >= 4 is 33.4 Å². The van der Waals surface area contributed by atoms with Crippen LogP contribution in [0.3, 0.4) is 0 Å². The molecule has 0 spiro atoms. The molecule has 1 aliphatic rings. The van der Waals surface area contributed by atoms with Gasteiger partial charge in [0, 0.05) is 35.0 Å². The van der Waals surface area contributed by atoms with Gasteiger partial charge in [-0.2, -0.15) is 0 Å². The summed E-state index contributed by atoms with van der Waals surface area (Å²) >= 11 is 0. The smallest absolute Gasteiger partial charge is 0.270 e. The zero-order valence-corrected chi connectivity index (χ0v) is 14.4. The van der Waals surface area contributed by atoms with Crippen LogP contribution in [0, 0.1) is 10.1 Å². The monoisotopic (exact) mass is 360 g/mol. The second-order valence-corrected chi connectivity index (χ2v) is 6.72. The summed E-state index contributed by atoms with van der Waals surface area (Å²) in [5.41, 5.74) is 10.4. The second kappa shape index (κ2) is 5.73. The van der Waals surface area contributed by atoms with E-state index in [9.17, 15) is 10.1 Å². The minimum Gasteiger partial charge on any atom is -0.382 e. The Morgan fingerprint density at radius 2 is 2.00 bits per heavy atom. The Bertz CT molecular complexity index is 1230. The standard InChI is InChI=1S/C19H16N6O2/c20-18-13-5-3-9-21-19(13)24(23-18)17-12-4-1-2-6-15(12)22-16-8-7-11(25(26)27)10-14(16)17/h3,5,7-10H,1-2,4,6H2,(H2,20,23). The highest BCUT2D eigenvalue weighted by atomic mass is 16.6. The summed E-state index contributed by atoms with van der Waals surface area (Å²) < 4.78 is 1.72. The molecular weight excluding hydrogens is 344 g/mol. The lowest BCUT2D eigenvalue weighted by Gasteiger charge is -2.20. The van der Waals surface area contributed by atoms with Crippen LogP contribution in [0.15, 0.2) is 36.5 Å². The normalized spacial score (nSPS) is 13.8. The van der Waals surface area contributed by atoms with Gasteiger partial charge in [-0.3, -0.25) is 15.1 Å². The molecule has 5 rings (SSSR count). The summed E-state index contributed by atoms with van der Waals surface area (Å²) in [6.07, 6.45) is 5.56. The van der Waals surface area contributed by atoms with Gasteiger partial charge in [0.1, 0.15) is 0 Å². The molecule has 134 valence electrons. The van der Waals surface area contributed by atoms with Gasteiger partial charge >= 0.3 is 0 Å². The van der Waals surface area contributed by atoms with Gasteiger partial charge < -0.3 is 5.73 Å². The highest BCUT2D eigenvalue weighted by Gasteiger charge is 2.23. The third-order valence-corrected chi connectivity index (χ3v) is 5.11. The van der Waals surface area contributed by atoms with Gasteiger partial charge in [-0.1, -0.05) is 0 Å². The Kier molecular flexibility index (Phi) is 3.33. The van der Waals surface area contributed by atoms with Crippen LogP contribution >= 0.6 is 0 Å². The summed E-state index contributed by atoms with van der Waals surface area (Å²) in [5, 5.41) is 17.3. The Morgan fingerprint density at radius 1 is 1.15 bits per heavy atom. The minimum atomic E-state index is -0.392.